The number of para-hydroxylation sites is 4. The average Bonchev–Trinajstić information content (AvgIpc) is 3.86. The van der Waals surface area contributed by atoms with Crippen LogP contribution in [0.3, 0.4) is 0 Å². The van der Waals surface area contributed by atoms with E-state index in [0.717, 1.165) is 17.1 Å². The Morgan fingerprint density at radius 2 is 0.797 bits per heavy atom. The third kappa shape index (κ3) is 6.12. The molecule has 9 aromatic carbocycles. The van der Waals surface area contributed by atoms with Gasteiger partial charge in [-0.1, -0.05) is 188 Å². The Morgan fingerprint density at radius 1 is 0.322 bits per heavy atom. The maximum absolute atomic E-state index is 2.45. The fraction of sp³-hybridized carbons (Fsp3) is 0. The summed E-state index contributed by atoms with van der Waals surface area (Å²) in [5.74, 6) is 0. The minimum atomic E-state index is 1.09. The summed E-state index contributed by atoms with van der Waals surface area (Å²) in [5.41, 5.74) is 16.6. The van der Waals surface area contributed by atoms with Gasteiger partial charge in [0.1, 0.15) is 0 Å². The van der Waals surface area contributed by atoms with E-state index in [1.165, 1.54) is 81.4 Å². The van der Waals surface area contributed by atoms with Crippen molar-refractivity contribution in [3.63, 3.8) is 0 Å². The summed E-state index contributed by atoms with van der Waals surface area (Å²) >= 11 is 1.90. The monoisotopic (exact) mass is 770 g/mol. The lowest BCUT2D eigenvalue weighted by Crippen LogP contribution is -2.12. The van der Waals surface area contributed by atoms with E-state index in [0.29, 0.717) is 0 Å². The van der Waals surface area contributed by atoms with Gasteiger partial charge in [-0.25, -0.2) is 0 Å². The molecular weight excluding hydrogens is 733 g/mol. The summed E-state index contributed by atoms with van der Waals surface area (Å²) in [6, 6.07) is 83.3. The van der Waals surface area contributed by atoms with Gasteiger partial charge in [0.05, 0.1) is 27.1 Å². The molecule has 0 fully saturated rings. The van der Waals surface area contributed by atoms with E-state index in [9.17, 15) is 0 Å². The van der Waals surface area contributed by atoms with Crippen LogP contribution in [-0.2, 0) is 0 Å². The third-order valence-corrected chi connectivity index (χ3v) is 12.7. The molecule has 278 valence electrons. The minimum absolute atomic E-state index is 1.09. The van der Waals surface area contributed by atoms with Crippen LogP contribution < -0.4 is 4.90 Å². The highest BCUT2D eigenvalue weighted by molar-refractivity contribution is 7.27. The van der Waals surface area contributed by atoms with Crippen LogP contribution in [0, 0.1) is 0 Å². The van der Waals surface area contributed by atoms with Crippen molar-refractivity contribution in [2.24, 2.45) is 0 Å². The Morgan fingerprint density at radius 3 is 1.47 bits per heavy atom. The lowest BCUT2D eigenvalue weighted by molar-refractivity contribution is 1.19. The normalized spacial score (nSPS) is 11.4. The molecule has 0 saturated carbocycles. The second-order valence-electron chi connectivity index (χ2n) is 14.9. The molecule has 0 radical (unpaired) electrons. The maximum Gasteiger partial charge on any atom is 0.0727 e. The number of benzene rings is 9. The van der Waals surface area contributed by atoms with E-state index in [1.54, 1.807) is 0 Å². The number of anilines is 3. The standard InChI is InChI=1S/C56H38N2S/c1-4-17-39(18-5-1)40-31-33-41(34-32-40)42-35-37-45(38-36-42)57(51-28-13-10-23-46(51)43-19-6-2-7-20-43)52-29-14-11-24-47(52)48-26-16-27-50-54-56(59-55(48)50)49-25-12-15-30-53(49)58(54)44-21-8-3-9-22-44/h1-38H. The van der Waals surface area contributed by atoms with Gasteiger partial charge in [-0.3, -0.25) is 0 Å². The topological polar surface area (TPSA) is 8.17 Å². The predicted octanol–water partition coefficient (Wildman–Crippen LogP) is 16.1. The number of nitrogens with zero attached hydrogens (tertiary/aromatic N) is 2. The van der Waals surface area contributed by atoms with Crippen LogP contribution in [0.25, 0.3) is 81.4 Å². The molecule has 0 atom stereocenters. The quantitative estimate of drug-likeness (QED) is 0.149. The molecule has 11 aromatic rings. The van der Waals surface area contributed by atoms with Crippen LogP contribution in [0.15, 0.2) is 231 Å². The zero-order valence-electron chi connectivity index (χ0n) is 32.2. The number of hydrogen-bond acceptors (Lipinski definition) is 2. The van der Waals surface area contributed by atoms with Crippen LogP contribution in [-0.4, -0.2) is 4.57 Å². The van der Waals surface area contributed by atoms with Gasteiger partial charge >= 0.3 is 0 Å². The van der Waals surface area contributed by atoms with Gasteiger partial charge in [-0.15, -0.1) is 11.3 Å². The molecule has 0 amide bonds. The molecule has 0 N–H and O–H groups in total. The first-order valence-corrected chi connectivity index (χ1v) is 20.9. The summed E-state index contributed by atoms with van der Waals surface area (Å²) in [5, 5.41) is 2.54. The highest BCUT2D eigenvalue weighted by Gasteiger charge is 2.24. The van der Waals surface area contributed by atoms with E-state index < -0.39 is 0 Å². The third-order valence-electron chi connectivity index (χ3n) is 11.4. The number of hydrogen-bond donors (Lipinski definition) is 0. The van der Waals surface area contributed by atoms with Crippen LogP contribution in [0.5, 0.6) is 0 Å². The zero-order chi connectivity index (χ0) is 39.1. The first-order valence-electron chi connectivity index (χ1n) is 20.1. The fourth-order valence-corrected chi connectivity index (χ4v) is 10.0. The van der Waals surface area contributed by atoms with E-state index >= 15 is 0 Å². The number of fused-ring (bicyclic) bond motifs is 5. The van der Waals surface area contributed by atoms with Gasteiger partial charge in [0, 0.05) is 43.5 Å². The Labute approximate surface area is 348 Å². The highest BCUT2D eigenvalue weighted by Crippen LogP contribution is 2.49. The Bertz CT molecular complexity index is 3240. The van der Waals surface area contributed by atoms with Crippen molar-refractivity contribution >= 4 is 59.6 Å². The largest absolute Gasteiger partial charge is 0.309 e. The molecule has 2 nitrogen and oxygen atoms in total. The second kappa shape index (κ2) is 14.8. The van der Waals surface area contributed by atoms with E-state index in [-0.39, 0.29) is 0 Å². The molecule has 11 rings (SSSR count). The molecule has 0 aliphatic carbocycles. The van der Waals surface area contributed by atoms with E-state index in [4.69, 9.17) is 0 Å². The van der Waals surface area contributed by atoms with Crippen molar-refractivity contribution in [1.29, 1.82) is 0 Å². The molecule has 3 heteroatoms. The smallest absolute Gasteiger partial charge is 0.0727 e. The molecule has 59 heavy (non-hydrogen) atoms. The first-order chi connectivity index (χ1) is 29.3. The average molecular weight is 771 g/mol. The van der Waals surface area contributed by atoms with Gasteiger partial charge < -0.3 is 9.47 Å². The summed E-state index contributed by atoms with van der Waals surface area (Å²) in [4.78, 5) is 2.45. The lowest BCUT2D eigenvalue weighted by atomic mass is 9.97. The van der Waals surface area contributed by atoms with Crippen molar-refractivity contribution in [1.82, 2.24) is 4.57 Å². The van der Waals surface area contributed by atoms with Crippen LogP contribution in [0.2, 0.25) is 0 Å². The lowest BCUT2D eigenvalue weighted by Gasteiger charge is -2.30. The van der Waals surface area contributed by atoms with Crippen LogP contribution in [0.4, 0.5) is 17.1 Å². The molecule has 0 unspecified atom stereocenters. The predicted molar refractivity (Wildman–Crippen MR) is 253 cm³/mol. The van der Waals surface area contributed by atoms with Crippen molar-refractivity contribution < 1.29 is 0 Å². The van der Waals surface area contributed by atoms with Crippen LogP contribution in [0.1, 0.15) is 0 Å². The molecule has 0 aliphatic rings. The van der Waals surface area contributed by atoms with Gasteiger partial charge in [0.15, 0.2) is 0 Å². The molecule has 0 saturated heterocycles. The minimum Gasteiger partial charge on any atom is -0.309 e. The van der Waals surface area contributed by atoms with Crippen molar-refractivity contribution in [3.05, 3.63) is 231 Å². The summed E-state index contributed by atoms with van der Waals surface area (Å²) in [6.07, 6.45) is 0. The highest BCUT2D eigenvalue weighted by atomic mass is 32.1. The Kier molecular flexibility index (Phi) is 8.72. The number of rotatable bonds is 8. The van der Waals surface area contributed by atoms with Gasteiger partial charge in [0.2, 0.25) is 0 Å². The van der Waals surface area contributed by atoms with E-state index in [1.807, 2.05) is 11.3 Å². The zero-order valence-corrected chi connectivity index (χ0v) is 33.1. The molecule has 0 bridgehead atoms. The number of aromatic nitrogens is 1. The van der Waals surface area contributed by atoms with Crippen LogP contribution >= 0.6 is 11.3 Å². The van der Waals surface area contributed by atoms with Gasteiger partial charge in [0.25, 0.3) is 0 Å². The summed E-state index contributed by atoms with van der Waals surface area (Å²) in [6.45, 7) is 0. The fourth-order valence-electron chi connectivity index (χ4n) is 8.67. The summed E-state index contributed by atoms with van der Waals surface area (Å²) in [7, 11) is 0. The van der Waals surface area contributed by atoms with E-state index in [2.05, 4.69) is 240 Å². The van der Waals surface area contributed by atoms with Crippen molar-refractivity contribution in [2.45, 2.75) is 0 Å². The number of thiophene rings is 1. The molecule has 0 aliphatic heterocycles. The second-order valence-corrected chi connectivity index (χ2v) is 15.9. The van der Waals surface area contributed by atoms with Gasteiger partial charge in [-0.2, -0.15) is 0 Å². The van der Waals surface area contributed by atoms with Gasteiger partial charge in [-0.05, 0) is 70.3 Å². The molecule has 2 heterocycles. The van der Waals surface area contributed by atoms with Crippen molar-refractivity contribution in [2.75, 3.05) is 4.90 Å². The maximum atomic E-state index is 2.45. The Hall–Kier alpha value is -7.46. The molecule has 2 aromatic heterocycles. The SMILES string of the molecule is c1ccc(-c2ccc(-c3ccc(N(c4ccccc4-c4ccccc4)c4ccccc4-c4cccc5c4sc4c6ccccc6n(-c6ccccc6)c54)cc3)cc2)cc1. The Balaban J connectivity index is 1.09. The summed E-state index contributed by atoms with van der Waals surface area (Å²) < 4.78 is 5.03. The molecule has 0 spiro atoms. The first kappa shape index (κ1) is 34.8. The molecular formula is C56H38N2S. The van der Waals surface area contributed by atoms with Crippen molar-refractivity contribution in [3.8, 4) is 50.2 Å².